The molecule has 6 heteroatoms. The molecule has 78 valence electrons. The fourth-order valence-corrected chi connectivity index (χ4v) is 1.35. The van der Waals surface area contributed by atoms with E-state index in [1.165, 1.54) is 18.2 Å². The molecule has 1 N–H and O–H groups in total. The lowest BCUT2D eigenvalue weighted by Gasteiger charge is -1.95. The molecule has 1 aromatic carbocycles. The van der Waals surface area contributed by atoms with Crippen molar-refractivity contribution in [1.82, 2.24) is 5.32 Å². The minimum Gasteiger partial charge on any atom is -0.288 e. The Balaban J connectivity index is 0.00000112. The van der Waals surface area contributed by atoms with Crippen molar-refractivity contribution >= 4 is 17.5 Å². The van der Waals surface area contributed by atoms with Gasteiger partial charge in [-0.05, 0) is 6.07 Å². The summed E-state index contributed by atoms with van der Waals surface area (Å²) in [7, 11) is 0. The van der Waals surface area contributed by atoms with Crippen LogP contribution in [0.1, 0.15) is 28.1 Å². The molecule has 0 atom stereocenters. The molecule has 1 aromatic rings. The monoisotopic (exact) mass is 208 g/mol. The van der Waals surface area contributed by atoms with Crippen LogP contribution in [0, 0.1) is 10.1 Å². The molecular weight excluding hydrogens is 200 g/mol. The highest BCUT2D eigenvalue weighted by Gasteiger charge is 2.33. The molecule has 1 aliphatic rings. The highest BCUT2D eigenvalue weighted by atomic mass is 16.6. The number of hydrogen-bond donors (Lipinski definition) is 1. The van der Waals surface area contributed by atoms with Gasteiger partial charge in [-0.15, -0.1) is 0 Å². The lowest BCUT2D eigenvalue weighted by Crippen LogP contribution is -2.20. The third-order valence-corrected chi connectivity index (χ3v) is 1.94. The number of nitrogens with one attached hydrogen (secondary N) is 1. The number of nitro groups is 1. The minimum atomic E-state index is -0.711. The lowest BCUT2D eigenvalue weighted by atomic mass is 10.1. The van der Waals surface area contributed by atoms with Gasteiger partial charge in [0.25, 0.3) is 17.5 Å². The number of fused-ring (bicyclic) bond motifs is 1. The van der Waals surface area contributed by atoms with Crippen molar-refractivity contribution < 1.29 is 14.5 Å². The van der Waals surface area contributed by atoms with Gasteiger partial charge in [0, 0.05) is 6.07 Å². The summed E-state index contributed by atoms with van der Waals surface area (Å²) in [6.45, 7) is 0. The Bertz CT molecular complexity index is 467. The summed E-state index contributed by atoms with van der Waals surface area (Å²) < 4.78 is 0. The first-order chi connectivity index (χ1) is 6.61. The van der Waals surface area contributed by atoms with Gasteiger partial charge in [-0.3, -0.25) is 25.0 Å². The predicted octanol–water partition coefficient (Wildman–Crippen LogP) is 1.11. The Hall–Kier alpha value is -2.24. The van der Waals surface area contributed by atoms with Crippen molar-refractivity contribution in [3.8, 4) is 0 Å². The average Bonchev–Trinajstić information content (AvgIpc) is 2.43. The Labute approximate surface area is 85.1 Å². The van der Waals surface area contributed by atoms with Crippen LogP contribution in [0.25, 0.3) is 0 Å². The smallest absolute Gasteiger partial charge is 0.282 e. The molecule has 0 fully saturated rings. The van der Waals surface area contributed by atoms with Crippen LogP contribution in [0.4, 0.5) is 5.69 Å². The summed E-state index contributed by atoms with van der Waals surface area (Å²) in [5, 5.41) is 12.5. The molecule has 0 radical (unpaired) electrons. The first-order valence-electron chi connectivity index (χ1n) is 3.74. The molecule has 0 saturated carbocycles. The first kappa shape index (κ1) is 10.8. The van der Waals surface area contributed by atoms with Crippen molar-refractivity contribution in [2.75, 3.05) is 0 Å². The molecule has 0 saturated heterocycles. The second-order valence-corrected chi connectivity index (χ2v) is 2.74. The summed E-state index contributed by atoms with van der Waals surface area (Å²) in [5.41, 5.74) is -0.433. The van der Waals surface area contributed by atoms with Gasteiger partial charge in [-0.25, -0.2) is 0 Å². The molecule has 1 heterocycles. The predicted molar refractivity (Wildman–Crippen MR) is 51.6 cm³/mol. The molecule has 0 aliphatic carbocycles. The molecule has 0 unspecified atom stereocenters. The zero-order valence-electron chi connectivity index (χ0n) is 6.81. The number of carbonyl (C=O) groups is 2. The largest absolute Gasteiger partial charge is 0.288 e. The second kappa shape index (κ2) is 3.49. The minimum absolute atomic E-state index is 0. The van der Waals surface area contributed by atoms with Crippen LogP contribution in [-0.2, 0) is 0 Å². The molecule has 0 aromatic heterocycles. The number of carbonyl (C=O) groups excluding carboxylic acids is 2. The molecule has 15 heavy (non-hydrogen) atoms. The number of amides is 2. The average molecular weight is 208 g/mol. The quantitative estimate of drug-likeness (QED) is 0.425. The lowest BCUT2D eigenvalue weighted by molar-refractivity contribution is -0.385. The third kappa shape index (κ3) is 1.45. The topological polar surface area (TPSA) is 89.3 Å². The third-order valence-electron chi connectivity index (χ3n) is 1.94. The van der Waals surface area contributed by atoms with Crippen LogP contribution in [-0.4, -0.2) is 16.7 Å². The van der Waals surface area contributed by atoms with E-state index in [0.717, 1.165) is 0 Å². The normalized spacial score (nSPS) is 12.8. The molecule has 2 rings (SSSR count). The van der Waals surface area contributed by atoms with E-state index in [1.54, 1.807) is 0 Å². The Morgan fingerprint density at radius 3 is 2.47 bits per heavy atom. The van der Waals surface area contributed by atoms with E-state index < -0.39 is 16.7 Å². The van der Waals surface area contributed by atoms with Crippen LogP contribution in [0.15, 0.2) is 18.2 Å². The van der Waals surface area contributed by atoms with Crippen molar-refractivity contribution in [2.45, 2.75) is 7.43 Å². The SMILES string of the molecule is C.O=C1NC(=O)c2c1cccc2[N+](=O)[O-]. The summed E-state index contributed by atoms with van der Waals surface area (Å²) in [6, 6.07) is 3.94. The van der Waals surface area contributed by atoms with Crippen molar-refractivity contribution in [3.63, 3.8) is 0 Å². The second-order valence-electron chi connectivity index (χ2n) is 2.74. The zero-order valence-corrected chi connectivity index (χ0v) is 6.81. The molecular formula is C9H8N2O4. The zero-order chi connectivity index (χ0) is 10.3. The summed E-state index contributed by atoms with van der Waals surface area (Å²) in [5.74, 6) is -1.30. The maximum Gasteiger partial charge on any atom is 0.282 e. The maximum atomic E-state index is 11.2. The Kier molecular flexibility index (Phi) is 2.52. The van der Waals surface area contributed by atoms with Gasteiger partial charge in [0.15, 0.2) is 0 Å². The number of rotatable bonds is 1. The fraction of sp³-hybridized carbons (Fsp3) is 0.111. The summed E-state index contributed by atoms with van der Waals surface area (Å²) in [4.78, 5) is 32.1. The molecule has 6 nitrogen and oxygen atoms in total. The van der Waals surface area contributed by atoms with E-state index in [1.807, 2.05) is 5.32 Å². The first-order valence-corrected chi connectivity index (χ1v) is 3.74. The summed E-state index contributed by atoms with van der Waals surface area (Å²) in [6.07, 6.45) is 0. The molecule has 2 amide bonds. The number of nitro benzene ring substituents is 1. The van der Waals surface area contributed by atoms with Crippen LogP contribution in [0.5, 0.6) is 0 Å². The number of nitrogens with zero attached hydrogens (tertiary/aromatic N) is 1. The van der Waals surface area contributed by atoms with Gasteiger partial charge in [-0.2, -0.15) is 0 Å². The van der Waals surface area contributed by atoms with Crippen molar-refractivity contribution in [1.29, 1.82) is 0 Å². The highest BCUT2D eigenvalue weighted by molar-refractivity contribution is 6.23. The van der Waals surface area contributed by atoms with Gasteiger partial charge in [0.05, 0.1) is 10.5 Å². The Morgan fingerprint density at radius 1 is 1.20 bits per heavy atom. The van der Waals surface area contributed by atoms with E-state index in [2.05, 4.69) is 0 Å². The Morgan fingerprint density at radius 2 is 1.87 bits per heavy atom. The van der Waals surface area contributed by atoms with E-state index in [0.29, 0.717) is 0 Å². The van der Waals surface area contributed by atoms with Gasteiger partial charge >= 0.3 is 0 Å². The van der Waals surface area contributed by atoms with Gasteiger partial charge in [0.2, 0.25) is 0 Å². The van der Waals surface area contributed by atoms with E-state index in [-0.39, 0.29) is 24.2 Å². The summed E-state index contributed by atoms with van der Waals surface area (Å²) >= 11 is 0. The highest BCUT2D eigenvalue weighted by Crippen LogP contribution is 2.25. The van der Waals surface area contributed by atoms with Crippen LogP contribution >= 0.6 is 0 Å². The van der Waals surface area contributed by atoms with Crippen LogP contribution in [0.2, 0.25) is 0 Å². The molecule has 1 aliphatic heterocycles. The van der Waals surface area contributed by atoms with E-state index in [4.69, 9.17) is 0 Å². The number of imide groups is 1. The number of hydrogen-bond acceptors (Lipinski definition) is 4. The standard InChI is InChI=1S/C8H4N2O4.CH4/c11-7-4-2-1-3-5(10(13)14)6(4)8(12)9-7;/h1-3H,(H,9,11,12);1H4. The van der Waals surface area contributed by atoms with Crippen LogP contribution in [0.3, 0.4) is 0 Å². The van der Waals surface area contributed by atoms with E-state index in [9.17, 15) is 19.7 Å². The van der Waals surface area contributed by atoms with Gasteiger partial charge < -0.3 is 0 Å². The van der Waals surface area contributed by atoms with E-state index >= 15 is 0 Å². The van der Waals surface area contributed by atoms with Gasteiger partial charge in [0.1, 0.15) is 5.56 Å². The molecule has 0 spiro atoms. The van der Waals surface area contributed by atoms with Crippen molar-refractivity contribution in [2.24, 2.45) is 0 Å². The van der Waals surface area contributed by atoms with Crippen LogP contribution < -0.4 is 5.32 Å². The van der Waals surface area contributed by atoms with Gasteiger partial charge in [-0.1, -0.05) is 13.5 Å². The fourth-order valence-electron chi connectivity index (χ4n) is 1.35. The van der Waals surface area contributed by atoms with Crippen molar-refractivity contribution in [3.05, 3.63) is 39.4 Å². The molecule has 0 bridgehead atoms. The maximum absolute atomic E-state index is 11.2. The number of benzene rings is 1.